The molecule has 0 radical (unpaired) electrons. The fraction of sp³-hybridized carbons (Fsp3) is 0.538. The molecule has 0 atom stereocenters. The maximum Gasteiger partial charge on any atom is 0.254 e. The largest absolute Gasteiger partial charge is 0.370 e. The van der Waals surface area contributed by atoms with Crippen molar-refractivity contribution in [2.24, 2.45) is 0 Å². The molecule has 94 valence electrons. The molecule has 0 fully saturated rings. The third kappa shape index (κ3) is 3.73. The average molecular weight is 235 g/mol. The fourth-order valence-electron chi connectivity index (χ4n) is 1.61. The Morgan fingerprint density at radius 1 is 1.35 bits per heavy atom. The van der Waals surface area contributed by atoms with E-state index in [1.807, 2.05) is 19.9 Å². The molecule has 0 unspecified atom stereocenters. The molecule has 1 aromatic rings. The molecule has 1 N–H and O–H groups in total. The number of rotatable bonds is 6. The molecule has 4 nitrogen and oxygen atoms in total. The topological polar surface area (TPSA) is 45.2 Å². The van der Waals surface area contributed by atoms with Crippen molar-refractivity contribution in [3.63, 3.8) is 0 Å². The van der Waals surface area contributed by atoms with Gasteiger partial charge in [0.05, 0.1) is 0 Å². The zero-order valence-electron chi connectivity index (χ0n) is 10.9. The van der Waals surface area contributed by atoms with Crippen molar-refractivity contribution in [2.45, 2.75) is 27.2 Å². The lowest BCUT2D eigenvalue weighted by atomic mass is 10.2. The predicted octanol–water partition coefficient (Wildman–Crippen LogP) is 2.39. The maximum absolute atomic E-state index is 12.1. The highest BCUT2D eigenvalue weighted by Crippen LogP contribution is 2.09. The Morgan fingerprint density at radius 2 is 2.06 bits per heavy atom. The lowest BCUT2D eigenvalue weighted by Gasteiger charge is -2.18. The Balaban J connectivity index is 2.79. The number of hydrogen-bond acceptors (Lipinski definition) is 3. The van der Waals surface area contributed by atoms with Gasteiger partial charge in [-0.15, -0.1) is 0 Å². The summed E-state index contributed by atoms with van der Waals surface area (Å²) in [7, 11) is 0. The van der Waals surface area contributed by atoms with E-state index < -0.39 is 0 Å². The third-order valence-electron chi connectivity index (χ3n) is 2.61. The van der Waals surface area contributed by atoms with Crippen LogP contribution in [0.2, 0.25) is 0 Å². The quantitative estimate of drug-likeness (QED) is 0.823. The lowest BCUT2D eigenvalue weighted by Crippen LogP contribution is -2.30. The van der Waals surface area contributed by atoms with E-state index in [2.05, 4.69) is 17.2 Å². The molecule has 17 heavy (non-hydrogen) atoms. The second kappa shape index (κ2) is 6.89. The number of hydrogen-bond donors (Lipinski definition) is 1. The minimum Gasteiger partial charge on any atom is -0.370 e. The molecule has 0 spiro atoms. The summed E-state index contributed by atoms with van der Waals surface area (Å²) in [5, 5.41) is 3.18. The zero-order valence-corrected chi connectivity index (χ0v) is 10.9. The van der Waals surface area contributed by atoms with E-state index >= 15 is 0 Å². The summed E-state index contributed by atoms with van der Waals surface area (Å²) in [5.41, 5.74) is 0.697. The van der Waals surface area contributed by atoms with E-state index in [0.717, 1.165) is 31.9 Å². The average Bonchev–Trinajstić information content (AvgIpc) is 2.38. The van der Waals surface area contributed by atoms with Gasteiger partial charge in [-0.1, -0.05) is 6.92 Å². The molecule has 0 aliphatic rings. The van der Waals surface area contributed by atoms with Crippen LogP contribution in [0.3, 0.4) is 0 Å². The first kappa shape index (κ1) is 13.5. The van der Waals surface area contributed by atoms with Gasteiger partial charge in [0.25, 0.3) is 5.91 Å². The van der Waals surface area contributed by atoms with Gasteiger partial charge in [0.15, 0.2) is 0 Å². The second-order valence-electron chi connectivity index (χ2n) is 3.83. The van der Waals surface area contributed by atoms with Crippen molar-refractivity contribution in [1.82, 2.24) is 9.88 Å². The van der Waals surface area contributed by atoms with Crippen molar-refractivity contribution < 1.29 is 4.79 Å². The molecule has 4 heteroatoms. The Bertz CT molecular complexity index is 361. The number of aromatic nitrogens is 1. The van der Waals surface area contributed by atoms with Crippen LogP contribution in [0, 0.1) is 0 Å². The molecule has 0 saturated heterocycles. The Kier molecular flexibility index (Phi) is 5.46. The third-order valence-corrected chi connectivity index (χ3v) is 2.61. The monoisotopic (exact) mass is 235 g/mol. The molecule has 0 aliphatic carbocycles. The van der Waals surface area contributed by atoms with Gasteiger partial charge < -0.3 is 10.2 Å². The van der Waals surface area contributed by atoms with Crippen LogP contribution in [-0.4, -0.2) is 35.4 Å². The van der Waals surface area contributed by atoms with Gasteiger partial charge in [-0.25, -0.2) is 4.98 Å². The molecule has 0 bridgehead atoms. The van der Waals surface area contributed by atoms with Crippen LogP contribution in [0.5, 0.6) is 0 Å². The number of amides is 1. The van der Waals surface area contributed by atoms with Crippen molar-refractivity contribution in [3.8, 4) is 0 Å². The van der Waals surface area contributed by atoms with Crippen molar-refractivity contribution in [3.05, 3.63) is 23.9 Å². The van der Waals surface area contributed by atoms with Crippen LogP contribution in [0.4, 0.5) is 5.82 Å². The zero-order chi connectivity index (χ0) is 12.7. The van der Waals surface area contributed by atoms with E-state index in [1.54, 1.807) is 17.2 Å². The second-order valence-corrected chi connectivity index (χ2v) is 3.83. The SMILES string of the molecule is CCCNc1cc(C(=O)N(CC)CC)ccn1. The molecular formula is C13H21N3O. The van der Waals surface area contributed by atoms with Gasteiger partial charge in [-0.2, -0.15) is 0 Å². The van der Waals surface area contributed by atoms with E-state index in [1.165, 1.54) is 0 Å². The van der Waals surface area contributed by atoms with Gasteiger partial charge in [-0.05, 0) is 32.4 Å². The van der Waals surface area contributed by atoms with Gasteiger partial charge in [-0.3, -0.25) is 4.79 Å². The summed E-state index contributed by atoms with van der Waals surface area (Å²) < 4.78 is 0. The summed E-state index contributed by atoms with van der Waals surface area (Å²) in [6, 6.07) is 3.58. The van der Waals surface area contributed by atoms with E-state index in [-0.39, 0.29) is 5.91 Å². The molecule has 1 amide bonds. The summed E-state index contributed by atoms with van der Waals surface area (Å²) in [6.07, 6.45) is 2.71. The molecule has 0 aromatic carbocycles. The first-order valence-corrected chi connectivity index (χ1v) is 6.22. The highest BCUT2D eigenvalue weighted by molar-refractivity contribution is 5.94. The van der Waals surface area contributed by atoms with Crippen LogP contribution < -0.4 is 5.32 Å². The van der Waals surface area contributed by atoms with Crippen LogP contribution in [0.15, 0.2) is 18.3 Å². The number of pyridine rings is 1. The molecule has 0 saturated carbocycles. The minimum absolute atomic E-state index is 0.0666. The van der Waals surface area contributed by atoms with Gasteiger partial charge >= 0.3 is 0 Å². The summed E-state index contributed by atoms with van der Waals surface area (Å²) >= 11 is 0. The molecule has 1 heterocycles. The van der Waals surface area contributed by atoms with Crippen LogP contribution in [0.1, 0.15) is 37.6 Å². The smallest absolute Gasteiger partial charge is 0.254 e. The number of carbonyl (C=O) groups is 1. The molecule has 1 aromatic heterocycles. The van der Waals surface area contributed by atoms with E-state index in [4.69, 9.17) is 0 Å². The maximum atomic E-state index is 12.1. The standard InChI is InChI=1S/C13H21N3O/c1-4-8-14-12-10-11(7-9-15-12)13(17)16(5-2)6-3/h7,9-10H,4-6,8H2,1-3H3,(H,14,15). The molecule has 1 rings (SSSR count). The van der Waals surface area contributed by atoms with Crippen molar-refractivity contribution >= 4 is 11.7 Å². The fourth-order valence-corrected chi connectivity index (χ4v) is 1.61. The van der Waals surface area contributed by atoms with Crippen LogP contribution in [-0.2, 0) is 0 Å². The van der Waals surface area contributed by atoms with E-state index in [9.17, 15) is 4.79 Å². The van der Waals surface area contributed by atoms with Gasteiger partial charge in [0.2, 0.25) is 0 Å². The minimum atomic E-state index is 0.0666. The number of carbonyl (C=O) groups excluding carboxylic acids is 1. The Hall–Kier alpha value is -1.58. The normalized spacial score (nSPS) is 10.1. The number of nitrogens with one attached hydrogen (secondary N) is 1. The Labute approximate surface area is 103 Å². The first-order valence-electron chi connectivity index (χ1n) is 6.22. The summed E-state index contributed by atoms with van der Waals surface area (Å²) in [5.74, 6) is 0.835. The van der Waals surface area contributed by atoms with Crippen LogP contribution >= 0.6 is 0 Å². The van der Waals surface area contributed by atoms with Gasteiger partial charge in [0.1, 0.15) is 5.82 Å². The summed E-state index contributed by atoms with van der Waals surface area (Å²) in [6.45, 7) is 8.40. The van der Waals surface area contributed by atoms with E-state index in [0.29, 0.717) is 5.56 Å². The molecule has 0 aliphatic heterocycles. The lowest BCUT2D eigenvalue weighted by molar-refractivity contribution is 0.0773. The van der Waals surface area contributed by atoms with Crippen molar-refractivity contribution in [1.29, 1.82) is 0 Å². The van der Waals surface area contributed by atoms with Gasteiger partial charge in [0, 0.05) is 31.4 Å². The summed E-state index contributed by atoms with van der Waals surface area (Å²) in [4.78, 5) is 18.1. The predicted molar refractivity (Wildman–Crippen MR) is 70.3 cm³/mol. The highest BCUT2D eigenvalue weighted by atomic mass is 16.2. The highest BCUT2D eigenvalue weighted by Gasteiger charge is 2.12. The number of nitrogens with zero attached hydrogens (tertiary/aromatic N) is 2. The molecular weight excluding hydrogens is 214 g/mol. The van der Waals surface area contributed by atoms with Crippen molar-refractivity contribution in [2.75, 3.05) is 25.0 Å². The Morgan fingerprint density at radius 3 is 2.65 bits per heavy atom. The van der Waals surface area contributed by atoms with Crippen LogP contribution in [0.25, 0.3) is 0 Å². The first-order chi connectivity index (χ1) is 8.22. The number of anilines is 1.